The van der Waals surface area contributed by atoms with E-state index >= 15 is 0 Å². The van der Waals surface area contributed by atoms with Crippen LogP contribution in [0.5, 0.6) is 5.75 Å². The van der Waals surface area contributed by atoms with Gasteiger partial charge < -0.3 is 19.3 Å². The molecule has 1 N–H and O–H groups in total. The lowest BCUT2D eigenvalue weighted by atomic mass is 10.1. The molecule has 3 rings (SSSR count). The Hall–Kier alpha value is -3.28. The fourth-order valence-electron chi connectivity index (χ4n) is 3.65. The standard InChI is InChI=1S/C26H33N3O3/c1-19-14-15-20(2)29(19)24-13-7-10-22(27-24)11-8-16-28(25(31)32-26(3,4)5)18-21-9-6-12-23(30)17-21/h6-7,9-10,12-15,17,30H,8,11,16,18H2,1-5H3. The van der Waals surface area contributed by atoms with E-state index in [9.17, 15) is 9.90 Å². The number of phenols is 1. The zero-order chi connectivity index (χ0) is 23.3. The fourth-order valence-corrected chi connectivity index (χ4v) is 3.65. The number of aromatic nitrogens is 2. The number of amides is 1. The molecule has 0 fully saturated rings. The summed E-state index contributed by atoms with van der Waals surface area (Å²) in [6.07, 6.45) is 1.13. The van der Waals surface area contributed by atoms with Crippen LogP contribution in [0.3, 0.4) is 0 Å². The molecule has 0 atom stereocenters. The lowest BCUT2D eigenvalue weighted by Crippen LogP contribution is -2.37. The Morgan fingerprint density at radius 1 is 1.06 bits per heavy atom. The molecule has 2 aromatic heterocycles. The molecule has 0 saturated carbocycles. The minimum absolute atomic E-state index is 0.184. The van der Waals surface area contributed by atoms with Gasteiger partial charge in [-0.3, -0.25) is 0 Å². The first-order valence-electron chi connectivity index (χ1n) is 11.0. The van der Waals surface area contributed by atoms with Crippen LogP contribution in [0.25, 0.3) is 5.82 Å². The summed E-state index contributed by atoms with van der Waals surface area (Å²) in [5.41, 5.74) is 3.56. The highest BCUT2D eigenvalue weighted by Gasteiger charge is 2.22. The maximum Gasteiger partial charge on any atom is 0.410 e. The van der Waals surface area contributed by atoms with Crippen molar-refractivity contribution in [3.8, 4) is 11.6 Å². The summed E-state index contributed by atoms with van der Waals surface area (Å²) in [6.45, 7) is 10.6. The number of aromatic hydroxyl groups is 1. The zero-order valence-corrected chi connectivity index (χ0v) is 19.6. The van der Waals surface area contributed by atoms with Crippen molar-refractivity contribution < 1.29 is 14.6 Å². The van der Waals surface area contributed by atoms with Crippen molar-refractivity contribution in [1.29, 1.82) is 0 Å². The molecule has 32 heavy (non-hydrogen) atoms. The fraction of sp³-hybridized carbons (Fsp3) is 0.385. The maximum atomic E-state index is 12.8. The number of pyridine rings is 1. The second kappa shape index (κ2) is 9.90. The largest absolute Gasteiger partial charge is 0.508 e. The van der Waals surface area contributed by atoms with Crippen molar-refractivity contribution in [1.82, 2.24) is 14.5 Å². The third-order valence-electron chi connectivity index (χ3n) is 5.09. The van der Waals surface area contributed by atoms with E-state index in [4.69, 9.17) is 9.72 Å². The normalized spacial score (nSPS) is 11.4. The van der Waals surface area contributed by atoms with Crippen LogP contribution in [0, 0.1) is 13.8 Å². The number of carbonyl (C=O) groups is 1. The van der Waals surface area contributed by atoms with E-state index in [1.807, 2.05) is 45.0 Å². The van der Waals surface area contributed by atoms with Gasteiger partial charge >= 0.3 is 6.09 Å². The summed E-state index contributed by atoms with van der Waals surface area (Å²) < 4.78 is 7.74. The number of benzene rings is 1. The average molecular weight is 436 g/mol. The van der Waals surface area contributed by atoms with E-state index in [0.717, 1.165) is 41.3 Å². The molecule has 0 unspecified atom stereocenters. The van der Waals surface area contributed by atoms with Crippen molar-refractivity contribution >= 4 is 6.09 Å². The quantitative estimate of drug-likeness (QED) is 0.527. The van der Waals surface area contributed by atoms with Crippen LogP contribution in [0.1, 0.15) is 49.8 Å². The lowest BCUT2D eigenvalue weighted by molar-refractivity contribution is 0.0231. The van der Waals surface area contributed by atoms with Gasteiger partial charge in [0.05, 0.1) is 0 Å². The SMILES string of the molecule is Cc1ccc(C)n1-c1cccc(CCCN(Cc2cccc(O)c2)C(=O)OC(C)(C)C)n1. The Balaban J connectivity index is 1.69. The minimum atomic E-state index is -0.573. The number of carbonyl (C=O) groups excluding carboxylic acids is 1. The molecule has 0 aliphatic carbocycles. The first kappa shape index (κ1) is 23.4. The first-order chi connectivity index (χ1) is 15.1. The van der Waals surface area contributed by atoms with Crippen molar-refractivity contribution in [3.05, 3.63) is 77.2 Å². The predicted octanol–water partition coefficient (Wildman–Crippen LogP) is 5.56. The smallest absolute Gasteiger partial charge is 0.410 e. The summed E-state index contributed by atoms with van der Waals surface area (Å²) in [5, 5.41) is 9.77. The van der Waals surface area contributed by atoms with Crippen LogP contribution in [-0.2, 0) is 17.7 Å². The second-order valence-corrected chi connectivity index (χ2v) is 9.11. The van der Waals surface area contributed by atoms with Gasteiger partial charge in [0, 0.05) is 30.2 Å². The van der Waals surface area contributed by atoms with Crippen LogP contribution < -0.4 is 0 Å². The number of nitrogens with zero attached hydrogens (tertiary/aromatic N) is 3. The average Bonchev–Trinajstić information content (AvgIpc) is 3.04. The van der Waals surface area contributed by atoms with Gasteiger partial charge in [-0.15, -0.1) is 0 Å². The van der Waals surface area contributed by atoms with Crippen molar-refractivity contribution in [3.63, 3.8) is 0 Å². The van der Waals surface area contributed by atoms with Crippen molar-refractivity contribution in [2.75, 3.05) is 6.54 Å². The molecule has 6 heteroatoms. The summed E-state index contributed by atoms with van der Waals surface area (Å²) in [6, 6.07) is 17.2. The van der Waals surface area contributed by atoms with Gasteiger partial charge in [0.15, 0.2) is 0 Å². The molecule has 6 nitrogen and oxygen atoms in total. The van der Waals surface area contributed by atoms with E-state index < -0.39 is 5.60 Å². The Bertz CT molecular complexity index is 1050. The van der Waals surface area contributed by atoms with Crippen molar-refractivity contribution in [2.24, 2.45) is 0 Å². The van der Waals surface area contributed by atoms with E-state index in [1.54, 1.807) is 23.1 Å². The number of ether oxygens (including phenoxy) is 1. The second-order valence-electron chi connectivity index (χ2n) is 9.11. The van der Waals surface area contributed by atoms with Crippen molar-refractivity contribution in [2.45, 2.75) is 59.6 Å². The topological polar surface area (TPSA) is 67.6 Å². The van der Waals surface area contributed by atoms with Gasteiger partial charge in [-0.05, 0) is 89.4 Å². The molecule has 3 aromatic rings. The number of rotatable bonds is 7. The Labute approximate surface area is 190 Å². The van der Waals surface area contributed by atoms with E-state index in [1.165, 1.54) is 0 Å². The van der Waals surface area contributed by atoms with E-state index in [2.05, 4.69) is 30.5 Å². The number of phenolic OH excluding ortho intramolecular Hbond substituents is 1. The van der Waals surface area contributed by atoms with Gasteiger partial charge in [0.1, 0.15) is 17.2 Å². The minimum Gasteiger partial charge on any atom is -0.508 e. The van der Waals surface area contributed by atoms with Crippen LogP contribution >= 0.6 is 0 Å². The highest BCUT2D eigenvalue weighted by atomic mass is 16.6. The molecule has 0 aliphatic heterocycles. The summed E-state index contributed by atoms with van der Waals surface area (Å²) in [4.78, 5) is 19.3. The Morgan fingerprint density at radius 2 is 1.75 bits per heavy atom. The Morgan fingerprint density at radius 3 is 2.41 bits per heavy atom. The van der Waals surface area contributed by atoms with Crippen LogP contribution in [0.15, 0.2) is 54.6 Å². The van der Waals surface area contributed by atoms with Gasteiger partial charge in [-0.25, -0.2) is 9.78 Å². The Kier molecular flexibility index (Phi) is 7.23. The molecule has 2 heterocycles. The highest BCUT2D eigenvalue weighted by Crippen LogP contribution is 2.18. The molecular weight excluding hydrogens is 402 g/mol. The van der Waals surface area contributed by atoms with Crippen LogP contribution in [0.2, 0.25) is 0 Å². The molecule has 170 valence electrons. The van der Waals surface area contributed by atoms with Crippen LogP contribution in [0.4, 0.5) is 4.79 Å². The summed E-state index contributed by atoms with van der Waals surface area (Å²) in [7, 11) is 0. The molecule has 1 aromatic carbocycles. The number of hydrogen-bond donors (Lipinski definition) is 1. The monoisotopic (exact) mass is 435 g/mol. The highest BCUT2D eigenvalue weighted by molar-refractivity contribution is 5.68. The van der Waals surface area contributed by atoms with Crippen LogP contribution in [-0.4, -0.2) is 37.8 Å². The maximum absolute atomic E-state index is 12.8. The van der Waals surface area contributed by atoms with Gasteiger partial charge in [0.2, 0.25) is 0 Å². The number of hydrogen-bond acceptors (Lipinski definition) is 4. The molecule has 0 saturated heterocycles. The molecule has 0 aliphatic rings. The van der Waals surface area contributed by atoms with Gasteiger partial charge in [-0.2, -0.15) is 0 Å². The third kappa shape index (κ3) is 6.36. The molecule has 0 spiro atoms. The zero-order valence-electron chi connectivity index (χ0n) is 19.6. The van der Waals surface area contributed by atoms with E-state index in [0.29, 0.717) is 13.1 Å². The summed E-state index contributed by atoms with van der Waals surface area (Å²) >= 11 is 0. The molecular formula is C26H33N3O3. The number of aryl methyl sites for hydroxylation is 3. The third-order valence-corrected chi connectivity index (χ3v) is 5.09. The molecule has 1 amide bonds. The predicted molar refractivity (Wildman–Crippen MR) is 126 cm³/mol. The van der Waals surface area contributed by atoms with Gasteiger partial charge in [-0.1, -0.05) is 18.2 Å². The van der Waals surface area contributed by atoms with Gasteiger partial charge in [0.25, 0.3) is 0 Å². The lowest BCUT2D eigenvalue weighted by Gasteiger charge is -2.27. The molecule has 0 bridgehead atoms. The first-order valence-corrected chi connectivity index (χ1v) is 11.0. The summed E-state index contributed by atoms with van der Waals surface area (Å²) in [5.74, 6) is 1.09. The van der Waals surface area contributed by atoms with E-state index in [-0.39, 0.29) is 11.8 Å². The molecule has 0 radical (unpaired) electrons.